The quantitative estimate of drug-likeness (QED) is 0.836. The summed E-state index contributed by atoms with van der Waals surface area (Å²) in [6, 6.07) is 6.68. The third-order valence-electron chi connectivity index (χ3n) is 3.11. The molecule has 0 atom stereocenters. The van der Waals surface area contributed by atoms with Crippen LogP contribution in [0.5, 0.6) is 0 Å². The largest absolute Gasteiger partial charge is 0.422 e. The second-order valence-corrected chi connectivity index (χ2v) is 4.63. The fraction of sp³-hybridized carbons (Fsp3) is 0.286. The third kappa shape index (κ3) is 3.08. The van der Waals surface area contributed by atoms with E-state index in [-0.39, 0.29) is 5.56 Å². The monoisotopic (exact) mass is 296 g/mol. The minimum Gasteiger partial charge on any atom is -0.422 e. The smallest absolute Gasteiger partial charge is 0.349 e. The van der Waals surface area contributed by atoms with E-state index in [1.165, 1.54) is 0 Å². The number of hydrogen-bond donors (Lipinski definition) is 2. The Balaban J connectivity index is 2.38. The number of benzene rings is 1. The Bertz CT molecular complexity index is 741. The molecule has 1 aromatic carbocycles. The van der Waals surface area contributed by atoms with Crippen LogP contribution in [0.4, 0.5) is 8.78 Å². The molecule has 7 heteroatoms. The summed E-state index contributed by atoms with van der Waals surface area (Å²) < 4.78 is 31.1. The molecule has 0 aliphatic rings. The molecule has 0 radical (unpaired) electrons. The first-order chi connectivity index (χ1) is 9.85. The van der Waals surface area contributed by atoms with E-state index in [9.17, 15) is 18.4 Å². The van der Waals surface area contributed by atoms with Crippen LogP contribution in [0.2, 0.25) is 0 Å². The van der Waals surface area contributed by atoms with Gasteiger partial charge in [0.1, 0.15) is 11.1 Å². The zero-order valence-electron chi connectivity index (χ0n) is 11.3. The number of amides is 1. The summed E-state index contributed by atoms with van der Waals surface area (Å²) in [4.78, 5) is 23.8. The van der Waals surface area contributed by atoms with Gasteiger partial charge in [0.2, 0.25) is 0 Å². The second kappa shape index (κ2) is 5.61. The van der Waals surface area contributed by atoms with Gasteiger partial charge in [-0.1, -0.05) is 18.2 Å². The summed E-state index contributed by atoms with van der Waals surface area (Å²) >= 11 is 0. The molecule has 21 heavy (non-hydrogen) atoms. The Morgan fingerprint density at radius 3 is 2.71 bits per heavy atom. The number of alkyl halides is 2. The lowest BCUT2D eigenvalue weighted by molar-refractivity contribution is 0.0118. The van der Waals surface area contributed by atoms with Gasteiger partial charge in [0.05, 0.1) is 13.1 Å². The Morgan fingerprint density at radius 2 is 2.05 bits per heavy atom. The number of fused-ring (bicyclic) bond motifs is 1. The number of nitrogens with two attached hydrogens (primary N) is 1. The Labute approximate surface area is 118 Å². The maximum atomic E-state index is 13.0. The molecule has 0 fully saturated rings. The topological polar surface area (TPSA) is 85.3 Å². The lowest BCUT2D eigenvalue weighted by atomic mass is 10.1. The highest BCUT2D eigenvalue weighted by Crippen LogP contribution is 2.19. The van der Waals surface area contributed by atoms with Crippen molar-refractivity contribution in [2.45, 2.75) is 12.8 Å². The van der Waals surface area contributed by atoms with Crippen LogP contribution in [0.25, 0.3) is 11.0 Å². The van der Waals surface area contributed by atoms with Crippen molar-refractivity contribution in [1.29, 1.82) is 0 Å². The third-order valence-corrected chi connectivity index (χ3v) is 3.11. The van der Waals surface area contributed by atoms with Gasteiger partial charge < -0.3 is 15.5 Å². The number of carbonyl (C=O) groups is 1. The average molecular weight is 296 g/mol. The lowest BCUT2D eigenvalue weighted by Crippen LogP contribution is -2.42. The van der Waals surface area contributed by atoms with E-state index < -0.39 is 30.5 Å². The van der Waals surface area contributed by atoms with Gasteiger partial charge in [-0.25, -0.2) is 13.6 Å². The van der Waals surface area contributed by atoms with Crippen LogP contribution in [0.15, 0.2) is 33.5 Å². The summed E-state index contributed by atoms with van der Waals surface area (Å²) in [5.41, 5.74) is 4.47. The highest BCUT2D eigenvalue weighted by Gasteiger charge is 2.28. The highest BCUT2D eigenvalue weighted by atomic mass is 19.3. The first-order valence-electron chi connectivity index (χ1n) is 6.24. The fourth-order valence-electron chi connectivity index (χ4n) is 1.94. The summed E-state index contributed by atoms with van der Waals surface area (Å²) in [6.45, 7) is -0.262. The fourth-order valence-corrected chi connectivity index (χ4v) is 1.94. The van der Waals surface area contributed by atoms with Crippen molar-refractivity contribution < 1.29 is 18.0 Å². The van der Waals surface area contributed by atoms with Crippen LogP contribution < -0.4 is 16.7 Å². The molecule has 0 saturated carbocycles. The molecule has 0 bridgehead atoms. The summed E-state index contributed by atoms with van der Waals surface area (Å²) in [5.74, 6) is -4.12. The molecule has 0 aliphatic heterocycles. The SMILES string of the molecule is Cc1c(C(=O)NCC(F)(F)CN)c(=O)oc2ccccc12. The zero-order chi connectivity index (χ0) is 15.6. The normalized spacial score (nSPS) is 11.6. The molecule has 1 amide bonds. The van der Waals surface area contributed by atoms with Crippen LogP contribution >= 0.6 is 0 Å². The summed E-state index contributed by atoms with van der Waals surface area (Å²) in [6.07, 6.45) is 0. The van der Waals surface area contributed by atoms with Gasteiger partial charge in [-0.2, -0.15) is 0 Å². The van der Waals surface area contributed by atoms with Crippen molar-refractivity contribution in [3.63, 3.8) is 0 Å². The number of carbonyl (C=O) groups excluding carboxylic acids is 1. The highest BCUT2D eigenvalue weighted by molar-refractivity contribution is 5.99. The summed E-state index contributed by atoms with van der Waals surface area (Å²) in [7, 11) is 0. The number of hydrogen-bond acceptors (Lipinski definition) is 4. The van der Waals surface area contributed by atoms with Gasteiger partial charge in [0.25, 0.3) is 11.8 Å². The summed E-state index contributed by atoms with van der Waals surface area (Å²) in [5, 5.41) is 2.58. The molecular formula is C14H14F2N2O3. The molecule has 0 unspecified atom stereocenters. The van der Waals surface area contributed by atoms with Crippen LogP contribution in [0.1, 0.15) is 15.9 Å². The van der Waals surface area contributed by atoms with Crippen molar-refractivity contribution >= 4 is 16.9 Å². The minimum absolute atomic E-state index is 0.276. The predicted molar refractivity (Wildman–Crippen MR) is 73.6 cm³/mol. The van der Waals surface area contributed by atoms with E-state index in [0.29, 0.717) is 16.5 Å². The first kappa shape index (κ1) is 15.1. The minimum atomic E-state index is -3.22. The molecular weight excluding hydrogens is 282 g/mol. The molecule has 2 rings (SSSR count). The van der Waals surface area contributed by atoms with Gasteiger partial charge in [0.15, 0.2) is 0 Å². The van der Waals surface area contributed by atoms with Crippen molar-refractivity contribution in [3.05, 3.63) is 45.8 Å². The number of nitrogens with one attached hydrogen (secondary N) is 1. The van der Waals surface area contributed by atoms with Gasteiger partial charge in [0, 0.05) is 5.39 Å². The second-order valence-electron chi connectivity index (χ2n) is 4.63. The number of rotatable bonds is 4. The van der Waals surface area contributed by atoms with Crippen molar-refractivity contribution in [3.8, 4) is 0 Å². The molecule has 0 spiro atoms. The maximum Gasteiger partial charge on any atom is 0.349 e. The van der Waals surface area contributed by atoms with Crippen LogP contribution in [0.3, 0.4) is 0 Å². The van der Waals surface area contributed by atoms with Crippen molar-refractivity contribution in [1.82, 2.24) is 5.32 Å². The van der Waals surface area contributed by atoms with Crippen molar-refractivity contribution in [2.24, 2.45) is 5.73 Å². The van der Waals surface area contributed by atoms with E-state index in [2.05, 4.69) is 0 Å². The Morgan fingerprint density at radius 1 is 1.38 bits per heavy atom. The molecule has 0 aliphatic carbocycles. The number of para-hydroxylation sites is 1. The van der Waals surface area contributed by atoms with Crippen LogP contribution in [0, 0.1) is 6.92 Å². The Kier molecular flexibility index (Phi) is 4.04. The Hall–Kier alpha value is -2.28. The molecule has 0 saturated heterocycles. The molecule has 2 aromatic rings. The van der Waals surface area contributed by atoms with Crippen LogP contribution in [-0.2, 0) is 0 Å². The first-order valence-corrected chi connectivity index (χ1v) is 6.24. The van der Waals surface area contributed by atoms with E-state index in [1.54, 1.807) is 31.2 Å². The predicted octanol–water partition coefficient (Wildman–Crippen LogP) is 1.43. The lowest BCUT2D eigenvalue weighted by Gasteiger charge is -2.15. The standard InChI is InChI=1S/C14H14F2N2O3/c1-8-9-4-2-3-5-10(9)21-13(20)11(8)12(19)18-7-14(15,16)6-17/h2-5H,6-7,17H2,1H3,(H,18,19). The van der Waals surface area contributed by atoms with Gasteiger partial charge >= 0.3 is 5.63 Å². The maximum absolute atomic E-state index is 13.0. The molecule has 5 nitrogen and oxygen atoms in total. The number of aryl methyl sites for hydroxylation is 1. The van der Waals surface area contributed by atoms with E-state index in [4.69, 9.17) is 10.2 Å². The molecule has 3 N–H and O–H groups in total. The van der Waals surface area contributed by atoms with Crippen LogP contribution in [-0.4, -0.2) is 24.9 Å². The molecule has 1 heterocycles. The zero-order valence-corrected chi connectivity index (χ0v) is 11.3. The average Bonchev–Trinajstić information content (AvgIpc) is 2.45. The van der Waals surface area contributed by atoms with E-state index >= 15 is 0 Å². The van der Waals surface area contributed by atoms with E-state index in [0.717, 1.165) is 0 Å². The van der Waals surface area contributed by atoms with Gasteiger partial charge in [-0.15, -0.1) is 0 Å². The number of halogens is 2. The van der Waals surface area contributed by atoms with E-state index in [1.807, 2.05) is 5.32 Å². The molecule has 1 aromatic heterocycles. The van der Waals surface area contributed by atoms with Gasteiger partial charge in [-0.3, -0.25) is 4.79 Å². The van der Waals surface area contributed by atoms with Crippen molar-refractivity contribution in [2.75, 3.05) is 13.1 Å². The molecule has 112 valence electrons. The van der Waals surface area contributed by atoms with Gasteiger partial charge in [-0.05, 0) is 18.6 Å².